The van der Waals surface area contributed by atoms with Gasteiger partial charge in [-0.25, -0.2) is 0 Å². The summed E-state index contributed by atoms with van der Waals surface area (Å²) in [4.78, 5) is 12.1. The number of nitrogens with zero attached hydrogens (tertiary/aromatic N) is 3. The predicted octanol–water partition coefficient (Wildman–Crippen LogP) is 4.24. The lowest BCUT2D eigenvalue weighted by molar-refractivity contribution is -0.112. The van der Waals surface area contributed by atoms with Crippen LogP contribution in [0, 0.1) is 11.3 Å². The number of thioether (sulfide) groups is 1. The molecule has 0 aliphatic heterocycles. The molecule has 0 unspecified atom stereocenters. The van der Waals surface area contributed by atoms with Crippen molar-refractivity contribution < 1.29 is 4.79 Å². The number of hydrogen-bond donors (Lipinski definition) is 1. The molecule has 0 atom stereocenters. The summed E-state index contributed by atoms with van der Waals surface area (Å²) in [5.74, 6) is 0.438. The number of aromatic nitrogens is 2. The van der Waals surface area contributed by atoms with Crippen LogP contribution in [-0.4, -0.2) is 21.9 Å². The topological polar surface area (TPSA) is 78.7 Å². The van der Waals surface area contributed by atoms with Crippen molar-refractivity contribution in [2.75, 3.05) is 11.1 Å². The first kappa shape index (κ1) is 17.5. The largest absolute Gasteiger partial charge is 0.296 e. The normalized spacial score (nSPS) is 11.1. The van der Waals surface area contributed by atoms with E-state index in [9.17, 15) is 4.79 Å². The summed E-state index contributed by atoms with van der Waals surface area (Å²) in [7, 11) is 0. The number of nitriles is 1. The highest BCUT2D eigenvalue weighted by molar-refractivity contribution is 8.01. The van der Waals surface area contributed by atoms with Gasteiger partial charge in [0.15, 0.2) is 4.34 Å². The third-order valence-electron chi connectivity index (χ3n) is 2.60. The average molecular weight is 365 g/mol. The van der Waals surface area contributed by atoms with E-state index in [4.69, 9.17) is 16.9 Å². The highest BCUT2D eigenvalue weighted by Crippen LogP contribution is 2.26. The summed E-state index contributed by atoms with van der Waals surface area (Å²) >= 11 is 8.69. The van der Waals surface area contributed by atoms with Crippen molar-refractivity contribution in [2.45, 2.75) is 17.7 Å². The van der Waals surface area contributed by atoms with E-state index in [1.165, 1.54) is 17.4 Å². The molecule has 8 heteroatoms. The third-order valence-corrected chi connectivity index (χ3v) is 5.03. The maximum atomic E-state index is 12.1. The number of amides is 1. The first-order valence-electron chi connectivity index (χ1n) is 6.77. The van der Waals surface area contributed by atoms with Crippen LogP contribution in [0.3, 0.4) is 0 Å². The molecule has 0 aliphatic carbocycles. The van der Waals surface area contributed by atoms with Crippen molar-refractivity contribution in [2.24, 2.45) is 0 Å². The zero-order chi connectivity index (χ0) is 16.7. The van der Waals surface area contributed by atoms with E-state index < -0.39 is 5.91 Å². The van der Waals surface area contributed by atoms with Crippen LogP contribution in [0.5, 0.6) is 0 Å². The van der Waals surface area contributed by atoms with Crippen LogP contribution in [0.4, 0.5) is 5.13 Å². The fourth-order valence-corrected chi connectivity index (χ4v) is 3.34. The van der Waals surface area contributed by atoms with Crippen LogP contribution in [0.25, 0.3) is 6.08 Å². The van der Waals surface area contributed by atoms with E-state index >= 15 is 0 Å². The van der Waals surface area contributed by atoms with E-state index in [0.717, 1.165) is 22.1 Å². The maximum absolute atomic E-state index is 12.1. The summed E-state index contributed by atoms with van der Waals surface area (Å²) in [5, 5.41) is 20.6. The number of hydrogen-bond acceptors (Lipinski definition) is 6. The summed E-state index contributed by atoms with van der Waals surface area (Å²) in [5.41, 5.74) is 0.711. The number of rotatable bonds is 6. The summed E-state index contributed by atoms with van der Waals surface area (Å²) in [6.45, 7) is 2.08. The number of benzene rings is 1. The van der Waals surface area contributed by atoms with E-state index in [2.05, 4.69) is 22.4 Å². The van der Waals surface area contributed by atoms with Crippen molar-refractivity contribution in [1.29, 1.82) is 5.26 Å². The van der Waals surface area contributed by atoms with E-state index in [1.807, 2.05) is 6.07 Å². The second kappa shape index (κ2) is 8.67. The molecule has 5 nitrogen and oxygen atoms in total. The molecule has 2 rings (SSSR count). The first-order chi connectivity index (χ1) is 11.1. The molecule has 0 saturated heterocycles. The highest BCUT2D eigenvalue weighted by atomic mass is 35.5. The lowest BCUT2D eigenvalue weighted by atomic mass is 10.1. The minimum atomic E-state index is -0.509. The van der Waals surface area contributed by atoms with Crippen LogP contribution in [0.15, 0.2) is 34.2 Å². The molecule has 1 aromatic heterocycles. The van der Waals surface area contributed by atoms with Crippen LogP contribution < -0.4 is 5.32 Å². The lowest BCUT2D eigenvalue weighted by Gasteiger charge is -2.00. The van der Waals surface area contributed by atoms with Gasteiger partial charge in [0.2, 0.25) is 5.13 Å². The van der Waals surface area contributed by atoms with E-state index in [0.29, 0.717) is 10.2 Å². The molecule has 0 bridgehead atoms. The van der Waals surface area contributed by atoms with Crippen molar-refractivity contribution in [1.82, 2.24) is 10.2 Å². The standard InChI is InChI=1S/C15H13ClN4OS2/c1-2-7-22-15-20-19-14(23-15)18-13(21)11(9-17)8-10-3-5-12(16)6-4-10/h3-6,8H,2,7H2,1H3,(H,18,19,21)/b11-8+. The number of carbonyl (C=O) groups excluding carboxylic acids is 1. The van der Waals surface area contributed by atoms with Gasteiger partial charge in [-0.3, -0.25) is 10.1 Å². The molecule has 0 saturated carbocycles. The Labute approximate surface area is 147 Å². The minimum Gasteiger partial charge on any atom is -0.296 e. The number of nitrogens with one attached hydrogen (secondary N) is 1. The molecule has 0 radical (unpaired) electrons. The molecule has 1 heterocycles. The van der Waals surface area contributed by atoms with Gasteiger partial charge < -0.3 is 0 Å². The molecule has 0 spiro atoms. The van der Waals surface area contributed by atoms with Crippen molar-refractivity contribution in [3.05, 3.63) is 40.4 Å². The van der Waals surface area contributed by atoms with Gasteiger partial charge in [0, 0.05) is 10.8 Å². The van der Waals surface area contributed by atoms with Crippen molar-refractivity contribution >= 4 is 51.8 Å². The molecule has 0 fully saturated rings. The molecule has 2 aromatic rings. The molecule has 1 aromatic carbocycles. The highest BCUT2D eigenvalue weighted by Gasteiger charge is 2.13. The van der Waals surface area contributed by atoms with Gasteiger partial charge in [0.25, 0.3) is 5.91 Å². The second-order valence-electron chi connectivity index (χ2n) is 4.40. The van der Waals surface area contributed by atoms with Gasteiger partial charge in [-0.15, -0.1) is 10.2 Å². The van der Waals surface area contributed by atoms with Crippen LogP contribution in [0.2, 0.25) is 5.02 Å². The third kappa shape index (κ3) is 5.36. The van der Waals surface area contributed by atoms with Gasteiger partial charge in [0.05, 0.1) is 0 Å². The minimum absolute atomic E-state index is 0.00900. The van der Waals surface area contributed by atoms with Gasteiger partial charge in [0.1, 0.15) is 11.6 Å². The summed E-state index contributed by atoms with van der Waals surface area (Å²) in [6.07, 6.45) is 2.54. The zero-order valence-corrected chi connectivity index (χ0v) is 14.6. The number of halogens is 1. The first-order valence-corrected chi connectivity index (χ1v) is 8.95. The van der Waals surface area contributed by atoms with E-state index in [1.54, 1.807) is 36.0 Å². The Morgan fingerprint density at radius 1 is 1.43 bits per heavy atom. The molecule has 1 N–H and O–H groups in total. The smallest absolute Gasteiger partial charge is 0.268 e. The van der Waals surface area contributed by atoms with Crippen molar-refractivity contribution in [3.8, 4) is 6.07 Å². The van der Waals surface area contributed by atoms with Gasteiger partial charge >= 0.3 is 0 Å². The number of carbonyl (C=O) groups is 1. The van der Waals surface area contributed by atoms with Gasteiger partial charge in [-0.1, -0.05) is 53.8 Å². The molecule has 23 heavy (non-hydrogen) atoms. The average Bonchev–Trinajstić information content (AvgIpc) is 2.99. The Hall–Kier alpha value is -1.88. The van der Waals surface area contributed by atoms with Gasteiger partial charge in [-0.2, -0.15) is 5.26 Å². The SMILES string of the molecule is CCCSc1nnc(NC(=O)/C(C#N)=C/c2ccc(Cl)cc2)s1. The Bertz CT molecular complexity index is 750. The Morgan fingerprint density at radius 3 is 2.83 bits per heavy atom. The Kier molecular flexibility index (Phi) is 6.59. The molecule has 0 aliphatic rings. The predicted molar refractivity (Wildman–Crippen MR) is 94.6 cm³/mol. The van der Waals surface area contributed by atoms with Gasteiger partial charge in [-0.05, 0) is 30.2 Å². The van der Waals surface area contributed by atoms with Crippen molar-refractivity contribution in [3.63, 3.8) is 0 Å². The lowest BCUT2D eigenvalue weighted by Crippen LogP contribution is -2.13. The van der Waals surface area contributed by atoms with Crippen LogP contribution in [0.1, 0.15) is 18.9 Å². The molecular formula is C15H13ClN4OS2. The summed E-state index contributed by atoms with van der Waals surface area (Å²) < 4.78 is 0.794. The van der Waals surface area contributed by atoms with Crippen LogP contribution in [-0.2, 0) is 4.79 Å². The molecular weight excluding hydrogens is 352 g/mol. The monoisotopic (exact) mass is 364 g/mol. The fourth-order valence-electron chi connectivity index (χ4n) is 1.55. The molecule has 118 valence electrons. The Balaban J connectivity index is 2.07. The Morgan fingerprint density at radius 2 is 2.17 bits per heavy atom. The second-order valence-corrected chi connectivity index (χ2v) is 7.15. The number of anilines is 1. The quantitative estimate of drug-likeness (QED) is 0.359. The molecule has 1 amide bonds. The zero-order valence-electron chi connectivity index (χ0n) is 12.2. The maximum Gasteiger partial charge on any atom is 0.268 e. The van der Waals surface area contributed by atoms with E-state index in [-0.39, 0.29) is 5.57 Å². The fraction of sp³-hybridized carbons (Fsp3) is 0.200. The van der Waals surface area contributed by atoms with Crippen LogP contribution >= 0.6 is 34.7 Å². The summed E-state index contributed by atoms with van der Waals surface area (Å²) in [6, 6.07) is 8.75.